The molecule has 1 heterocycles. The van der Waals surface area contributed by atoms with Crippen LogP contribution in [0.1, 0.15) is 25.7 Å². The summed E-state index contributed by atoms with van der Waals surface area (Å²) in [5, 5.41) is 8.67. The highest BCUT2D eigenvalue weighted by molar-refractivity contribution is 5.67. The van der Waals surface area contributed by atoms with E-state index in [4.69, 9.17) is 9.84 Å². The van der Waals surface area contributed by atoms with Gasteiger partial charge >= 0.3 is 5.97 Å². The van der Waals surface area contributed by atoms with E-state index in [1.807, 2.05) is 0 Å². The molecule has 0 radical (unpaired) electrons. The number of rotatable bonds is 9. The number of carboxylic acids is 1. The fourth-order valence-corrected chi connectivity index (χ4v) is 2.70. The summed E-state index contributed by atoms with van der Waals surface area (Å²) in [5.74, 6) is -1.54. The van der Waals surface area contributed by atoms with Crippen molar-refractivity contribution < 1.29 is 23.4 Å². The Balaban J connectivity index is 1.75. The van der Waals surface area contributed by atoms with E-state index in [9.17, 15) is 13.6 Å². The lowest BCUT2D eigenvalue weighted by Crippen LogP contribution is -2.22. The number of halogens is 2. The average Bonchev–Trinajstić information content (AvgIpc) is 3.43. The van der Waals surface area contributed by atoms with Gasteiger partial charge in [0.1, 0.15) is 17.3 Å². The molecule has 1 N–H and O–H groups in total. The minimum Gasteiger partial charge on any atom is -0.481 e. The quantitative estimate of drug-likeness (QED) is 0.721. The maximum absolute atomic E-state index is 14.5. The Hall–Kier alpha value is -2.77. The van der Waals surface area contributed by atoms with Crippen molar-refractivity contribution in [3.05, 3.63) is 36.2 Å². The van der Waals surface area contributed by atoms with Gasteiger partial charge in [0.2, 0.25) is 5.88 Å². The number of anilines is 1. The normalized spacial score (nSPS) is 13.4. The Kier molecular flexibility index (Phi) is 5.83. The number of nitrogens with zero attached hydrogens (tertiary/aromatic N) is 3. The maximum Gasteiger partial charge on any atom is 0.303 e. The second-order valence-electron chi connectivity index (χ2n) is 6.70. The number of hydrogen-bond donors (Lipinski definition) is 1. The van der Waals surface area contributed by atoms with Gasteiger partial charge in [0, 0.05) is 25.6 Å². The van der Waals surface area contributed by atoms with Crippen molar-refractivity contribution >= 4 is 11.7 Å². The molecule has 0 spiro atoms. The van der Waals surface area contributed by atoms with Crippen LogP contribution in [0.25, 0.3) is 11.3 Å². The van der Waals surface area contributed by atoms with E-state index in [1.54, 1.807) is 0 Å². The predicted octanol–water partition coefficient (Wildman–Crippen LogP) is 3.51. The van der Waals surface area contributed by atoms with Crippen LogP contribution in [0, 0.1) is 17.6 Å². The standard InChI is InChI=1S/C19H21F2N3O3/c1-24(6-2-3-18(25)26)19-14(20)7-13(8-15(19)21)16-9-22-10-17(23-16)27-11-12-4-5-12/h7-10,12H,2-6,11H2,1H3,(H,25,26). The van der Waals surface area contributed by atoms with Gasteiger partial charge in [-0.25, -0.2) is 13.8 Å². The Morgan fingerprint density at radius 1 is 1.30 bits per heavy atom. The second kappa shape index (κ2) is 8.28. The summed E-state index contributed by atoms with van der Waals surface area (Å²) in [6.45, 7) is 0.796. The van der Waals surface area contributed by atoms with E-state index in [-0.39, 0.29) is 30.6 Å². The predicted molar refractivity (Wildman–Crippen MR) is 95.7 cm³/mol. The summed E-state index contributed by atoms with van der Waals surface area (Å²) < 4.78 is 34.6. The first-order valence-corrected chi connectivity index (χ1v) is 8.81. The van der Waals surface area contributed by atoms with Gasteiger partial charge in [-0.2, -0.15) is 0 Å². The van der Waals surface area contributed by atoms with Crippen LogP contribution in [-0.4, -0.2) is 41.2 Å². The van der Waals surface area contributed by atoms with Crippen LogP contribution in [0.3, 0.4) is 0 Å². The monoisotopic (exact) mass is 377 g/mol. The third-order valence-corrected chi connectivity index (χ3v) is 4.35. The fraction of sp³-hybridized carbons (Fsp3) is 0.421. The third-order valence-electron chi connectivity index (χ3n) is 4.35. The van der Waals surface area contributed by atoms with E-state index < -0.39 is 17.6 Å². The largest absolute Gasteiger partial charge is 0.481 e. The number of aromatic nitrogens is 2. The van der Waals surface area contributed by atoms with E-state index >= 15 is 0 Å². The molecule has 2 aromatic rings. The maximum atomic E-state index is 14.5. The Bertz CT molecular complexity index is 805. The molecule has 0 aliphatic heterocycles. The third kappa shape index (κ3) is 5.12. The van der Waals surface area contributed by atoms with Gasteiger partial charge in [-0.3, -0.25) is 9.78 Å². The summed E-state index contributed by atoms with van der Waals surface area (Å²) in [7, 11) is 1.52. The molecule has 0 bridgehead atoms. The van der Waals surface area contributed by atoms with Gasteiger partial charge in [-0.1, -0.05) is 0 Å². The topological polar surface area (TPSA) is 75.6 Å². The van der Waals surface area contributed by atoms with Crippen molar-refractivity contribution in [2.45, 2.75) is 25.7 Å². The zero-order chi connectivity index (χ0) is 19.4. The van der Waals surface area contributed by atoms with E-state index in [1.165, 1.54) is 36.5 Å². The van der Waals surface area contributed by atoms with E-state index in [0.29, 0.717) is 24.1 Å². The Morgan fingerprint density at radius 3 is 2.63 bits per heavy atom. The minimum absolute atomic E-state index is 0.0606. The van der Waals surface area contributed by atoms with Gasteiger partial charge in [-0.05, 0) is 37.3 Å². The van der Waals surface area contributed by atoms with Crippen LogP contribution in [0.2, 0.25) is 0 Å². The van der Waals surface area contributed by atoms with Crippen LogP contribution >= 0.6 is 0 Å². The highest BCUT2D eigenvalue weighted by Crippen LogP contribution is 2.31. The first-order valence-electron chi connectivity index (χ1n) is 8.81. The Labute approximate surface area is 155 Å². The van der Waals surface area contributed by atoms with Crippen molar-refractivity contribution in [1.82, 2.24) is 9.97 Å². The van der Waals surface area contributed by atoms with Gasteiger partial charge in [0.05, 0.1) is 24.7 Å². The van der Waals surface area contributed by atoms with Gasteiger partial charge in [0.25, 0.3) is 0 Å². The molecule has 144 valence electrons. The minimum atomic E-state index is -0.943. The lowest BCUT2D eigenvalue weighted by atomic mass is 10.1. The van der Waals surface area contributed by atoms with E-state index in [2.05, 4.69) is 9.97 Å². The molecule has 0 unspecified atom stereocenters. The molecule has 1 saturated carbocycles. The molecule has 1 aromatic carbocycles. The summed E-state index contributed by atoms with van der Waals surface area (Å²) in [6.07, 6.45) is 5.42. The molecule has 3 rings (SSSR count). The summed E-state index contributed by atoms with van der Waals surface area (Å²) >= 11 is 0. The van der Waals surface area contributed by atoms with Crippen LogP contribution in [0.5, 0.6) is 5.88 Å². The lowest BCUT2D eigenvalue weighted by molar-refractivity contribution is -0.137. The van der Waals surface area contributed by atoms with Crippen molar-refractivity contribution in [2.75, 3.05) is 25.1 Å². The molecule has 1 aliphatic rings. The van der Waals surface area contributed by atoms with Crippen molar-refractivity contribution in [2.24, 2.45) is 5.92 Å². The first kappa shape index (κ1) is 19.0. The SMILES string of the molecule is CN(CCCC(=O)O)c1c(F)cc(-c2cncc(OCC3CC3)n2)cc1F. The number of aliphatic carboxylic acids is 1. The molecule has 0 amide bonds. The Morgan fingerprint density at radius 2 is 2.00 bits per heavy atom. The van der Waals surface area contributed by atoms with Crippen molar-refractivity contribution in [1.29, 1.82) is 0 Å². The molecule has 8 heteroatoms. The van der Waals surface area contributed by atoms with Crippen LogP contribution in [-0.2, 0) is 4.79 Å². The zero-order valence-electron chi connectivity index (χ0n) is 15.0. The zero-order valence-corrected chi connectivity index (χ0v) is 15.0. The summed E-state index contributed by atoms with van der Waals surface area (Å²) in [6, 6.07) is 2.39. The summed E-state index contributed by atoms with van der Waals surface area (Å²) in [5.41, 5.74) is 0.386. The number of carboxylic acid groups (broad SMARTS) is 1. The number of ether oxygens (including phenoxy) is 1. The smallest absolute Gasteiger partial charge is 0.303 e. The molecule has 1 fully saturated rings. The second-order valence-corrected chi connectivity index (χ2v) is 6.70. The van der Waals surface area contributed by atoms with Crippen molar-refractivity contribution in [3.8, 4) is 17.1 Å². The van der Waals surface area contributed by atoms with Crippen LogP contribution in [0.4, 0.5) is 14.5 Å². The highest BCUT2D eigenvalue weighted by atomic mass is 19.1. The van der Waals surface area contributed by atoms with Gasteiger partial charge < -0.3 is 14.7 Å². The number of benzene rings is 1. The molecular formula is C19H21F2N3O3. The molecule has 1 aromatic heterocycles. The van der Waals surface area contributed by atoms with Gasteiger partial charge in [0.15, 0.2) is 0 Å². The number of carbonyl (C=O) groups is 1. The molecule has 0 atom stereocenters. The molecule has 1 aliphatic carbocycles. The molecule has 27 heavy (non-hydrogen) atoms. The molecule has 0 saturated heterocycles. The molecule has 6 nitrogen and oxygen atoms in total. The molecular weight excluding hydrogens is 356 g/mol. The van der Waals surface area contributed by atoms with Crippen LogP contribution < -0.4 is 9.64 Å². The average molecular weight is 377 g/mol. The highest BCUT2D eigenvalue weighted by Gasteiger charge is 2.22. The van der Waals surface area contributed by atoms with E-state index in [0.717, 1.165) is 12.8 Å². The van der Waals surface area contributed by atoms with Gasteiger partial charge in [-0.15, -0.1) is 0 Å². The van der Waals surface area contributed by atoms with Crippen LogP contribution in [0.15, 0.2) is 24.5 Å². The van der Waals surface area contributed by atoms with Crippen molar-refractivity contribution in [3.63, 3.8) is 0 Å². The summed E-state index contributed by atoms with van der Waals surface area (Å²) in [4.78, 5) is 20.3. The lowest BCUT2D eigenvalue weighted by Gasteiger charge is -2.20. The number of hydrogen-bond acceptors (Lipinski definition) is 5. The fourth-order valence-electron chi connectivity index (χ4n) is 2.70. The first-order chi connectivity index (χ1) is 12.9.